The summed E-state index contributed by atoms with van der Waals surface area (Å²) >= 11 is 0. The van der Waals surface area contributed by atoms with Crippen molar-refractivity contribution >= 4 is 11.8 Å². The molecule has 3 fully saturated rings. The fraction of sp³-hybridized carbons (Fsp3) is 0.900. The van der Waals surface area contributed by atoms with Crippen molar-refractivity contribution in [1.82, 2.24) is 19.6 Å². The lowest BCUT2D eigenvalue weighted by Gasteiger charge is -2.46. The highest BCUT2D eigenvalue weighted by Crippen LogP contribution is 2.24. The summed E-state index contributed by atoms with van der Waals surface area (Å²) in [6.07, 6.45) is 4.15. The SMILES string of the molecule is CC(C)N1CCCC(N2CCN(C3CCCN(C(C)C)C3=O)CC2)C1=O. The first-order chi connectivity index (χ1) is 12.4. The highest BCUT2D eigenvalue weighted by molar-refractivity contribution is 5.83. The zero-order chi connectivity index (χ0) is 18.8. The van der Waals surface area contributed by atoms with Gasteiger partial charge in [-0.3, -0.25) is 19.4 Å². The molecule has 0 aliphatic carbocycles. The van der Waals surface area contributed by atoms with Gasteiger partial charge in [-0.2, -0.15) is 0 Å². The average Bonchev–Trinajstić information content (AvgIpc) is 2.62. The molecular formula is C20H36N4O2. The number of nitrogens with zero attached hydrogens (tertiary/aromatic N) is 4. The number of amides is 2. The predicted molar refractivity (Wildman–Crippen MR) is 103 cm³/mol. The summed E-state index contributed by atoms with van der Waals surface area (Å²) in [5, 5.41) is 0. The molecule has 148 valence electrons. The van der Waals surface area contributed by atoms with Crippen molar-refractivity contribution in [3.05, 3.63) is 0 Å². The fourth-order valence-electron chi connectivity index (χ4n) is 4.82. The van der Waals surface area contributed by atoms with Crippen molar-refractivity contribution in [3.63, 3.8) is 0 Å². The molecule has 0 saturated carbocycles. The van der Waals surface area contributed by atoms with Gasteiger partial charge in [0.1, 0.15) is 0 Å². The number of piperazine rings is 1. The van der Waals surface area contributed by atoms with Gasteiger partial charge in [0.2, 0.25) is 11.8 Å². The van der Waals surface area contributed by atoms with E-state index in [2.05, 4.69) is 37.5 Å². The van der Waals surface area contributed by atoms with Gasteiger partial charge in [-0.05, 0) is 53.4 Å². The van der Waals surface area contributed by atoms with Crippen molar-refractivity contribution in [3.8, 4) is 0 Å². The number of hydrogen-bond acceptors (Lipinski definition) is 4. The third-order valence-corrected chi connectivity index (χ3v) is 6.37. The van der Waals surface area contributed by atoms with Gasteiger partial charge in [0.05, 0.1) is 12.1 Å². The first kappa shape index (κ1) is 19.6. The first-order valence-electron chi connectivity index (χ1n) is 10.5. The molecule has 26 heavy (non-hydrogen) atoms. The Morgan fingerprint density at radius 3 is 1.31 bits per heavy atom. The summed E-state index contributed by atoms with van der Waals surface area (Å²) in [6, 6.07) is 0.659. The number of likely N-dealkylation sites (tertiary alicyclic amines) is 2. The van der Waals surface area contributed by atoms with Gasteiger partial charge in [0, 0.05) is 51.4 Å². The van der Waals surface area contributed by atoms with Gasteiger partial charge in [0.25, 0.3) is 0 Å². The van der Waals surface area contributed by atoms with E-state index in [-0.39, 0.29) is 24.2 Å². The zero-order valence-corrected chi connectivity index (χ0v) is 17.0. The fourth-order valence-corrected chi connectivity index (χ4v) is 4.82. The predicted octanol–water partition coefficient (Wildman–Crippen LogP) is 1.40. The van der Waals surface area contributed by atoms with E-state index in [9.17, 15) is 9.59 Å². The van der Waals surface area contributed by atoms with Gasteiger partial charge in [-0.15, -0.1) is 0 Å². The Labute approximate surface area is 158 Å². The second kappa shape index (κ2) is 8.26. The minimum Gasteiger partial charge on any atom is -0.339 e. The molecule has 3 rings (SSSR count). The molecule has 3 aliphatic heterocycles. The summed E-state index contributed by atoms with van der Waals surface area (Å²) in [6.45, 7) is 13.8. The topological polar surface area (TPSA) is 47.1 Å². The molecule has 2 atom stereocenters. The van der Waals surface area contributed by atoms with E-state index in [4.69, 9.17) is 0 Å². The van der Waals surface area contributed by atoms with Crippen LogP contribution in [0, 0.1) is 0 Å². The van der Waals surface area contributed by atoms with E-state index >= 15 is 0 Å². The highest BCUT2D eigenvalue weighted by Gasteiger charge is 2.39. The summed E-state index contributed by atoms with van der Waals surface area (Å²) in [7, 11) is 0. The number of piperidine rings is 2. The van der Waals surface area contributed by atoms with Gasteiger partial charge in [-0.1, -0.05) is 0 Å². The van der Waals surface area contributed by atoms with E-state index in [1.54, 1.807) is 0 Å². The van der Waals surface area contributed by atoms with E-state index in [0.717, 1.165) is 65.0 Å². The standard InChI is InChI=1S/C20H36N4O2/c1-15(2)23-9-5-7-17(19(23)25)21-11-13-22(14-12-21)18-8-6-10-24(16(3)4)20(18)26/h15-18H,5-14H2,1-4H3. The summed E-state index contributed by atoms with van der Waals surface area (Å²) in [5.41, 5.74) is 0. The molecule has 0 aromatic carbocycles. The highest BCUT2D eigenvalue weighted by atomic mass is 16.2. The minimum atomic E-state index is 0.0440. The lowest BCUT2D eigenvalue weighted by molar-refractivity contribution is -0.147. The number of rotatable bonds is 4. The van der Waals surface area contributed by atoms with Gasteiger partial charge in [-0.25, -0.2) is 0 Å². The Hall–Kier alpha value is -1.14. The quantitative estimate of drug-likeness (QED) is 0.757. The second-order valence-electron chi connectivity index (χ2n) is 8.64. The van der Waals surface area contributed by atoms with Crippen LogP contribution in [0.25, 0.3) is 0 Å². The lowest BCUT2D eigenvalue weighted by atomic mass is 9.98. The molecule has 2 unspecified atom stereocenters. The molecule has 3 heterocycles. The average molecular weight is 365 g/mol. The van der Waals surface area contributed by atoms with Crippen LogP contribution in [0.3, 0.4) is 0 Å². The zero-order valence-electron chi connectivity index (χ0n) is 17.0. The van der Waals surface area contributed by atoms with Crippen molar-refractivity contribution in [2.75, 3.05) is 39.3 Å². The number of carbonyl (C=O) groups is 2. The van der Waals surface area contributed by atoms with Crippen LogP contribution in [-0.4, -0.2) is 94.8 Å². The molecule has 3 saturated heterocycles. The third-order valence-electron chi connectivity index (χ3n) is 6.37. The van der Waals surface area contributed by atoms with E-state index in [1.165, 1.54) is 0 Å². The minimum absolute atomic E-state index is 0.0440. The monoisotopic (exact) mass is 364 g/mol. The van der Waals surface area contributed by atoms with Crippen LogP contribution in [0.2, 0.25) is 0 Å². The molecule has 0 aromatic rings. The van der Waals surface area contributed by atoms with Crippen molar-refractivity contribution < 1.29 is 9.59 Å². The van der Waals surface area contributed by atoms with Gasteiger partial charge >= 0.3 is 0 Å². The van der Waals surface area contributed by atoms with Crippen molar-refractivity contribution in [2.45, 2.75) is 77.5 Å². The first-order valence-corrected chi connectivity index (χ1v) is 10.5. The van der Waals surface area contributed by atoms with Crippen molar-refractivity contribution in [2.24, 2.45) is 0 Å². The van der Waals surface area contributed by atoms with Crippen LogP contribution in [0.15, 0.2) is 0 Å². The largest absolute Gasteiger partial charge is 0.339 e. The smallest absolute Gasteiger partial charge is 0.240 e. The molecule has 0 bridgehead atoms. The number of hydrogen-bond donors (Lipinski definition) is 0. The molecule has 0 radical (unpaired) electrons. The van der Waals surface area contributed by atoms with E-state index < -0.39 is 0 Å². The third kappa shape index (κ3) is 3.91. The van der Waals surface area contributed by atoms with Gasteiger partial charge in [0.15, 0.2) is 0 Å². The molecule has 6 heteroatoms. The van der Waals surface area contributed by atoms with Crippen molar-refractivity contribution in [1.29, 1.82) is 0 Å². The van der Waals surface area contributed by atoms with Crippen LogP contribution in [0.4, 0.5) is 0 Å². The molecule has 0 N–H and O–H groups in total. The van der Waals surface area contributed by atoms with Crippen LogP contribution in [0.1, 0.15) is 53.4 Å². The molecule has 0 spiro atoms. The maximum absolute atomic E-state index is 12.8. The Morgan fingerprint density at radius 2 is 1.00 bits per heavy atom. The Morgan fingerprint density at radius 1 is 0.654 bits per heavy atom. The van der Waals surface area contributed by atoms with Crippen LogP contribution in [0.5, 0.6) is 0 Å². The molecular weight excluding hydrogens is 328 g/mol. The maximum atomic E-state index is 12.8. The van der Waals surface area contributed by atoms with Crippen LogP contribution >= 0.6 is 0 Å². The molecule has 2 amide bonds. The van der Waals surface area contributed by atoms with Gasteiger partial charge < -0.3 is 9.80 Å². The summed E-state index contributed by atoms with van der Waals surface area (Å²) in [4.78, 5) is 34.4. The van der Waals surface area contributed by atoms with Crippen LogP contribution in [-0.2, 0) is 9.59 Å². The molecule has 0 aromatic heterocycles. The molecule has 3 aliphatic rings. The Bertz CT molecular complexity index is 468. The second-order valence-corrected chi connectivity index (χ2v) is 8.64. The normalized spacial score (nSPS) is 29.9. The Kier molecular flexibility index (Phi) is 6.23. The Balaban J connectivity index is 1.57. The van der Waals surface area contributed by atoms with E-state index in [1.807, 2.05) is 9.80 Å². The maximum Gasteiger partial charge on any atom is 0.240 e. The summed E-state index contributed by atoms with van der Waals surface area (Å²) in [5.74, 6) is 0.610. The lowest BCUT2D eigenvalue weighted by Crippen LogP contribution is -2.62. The van der Waals surface area contributed by atoms with Crippen LogP contribution < -0.4 is 0 Å². The number of carbonyl (C=O) groups excluding carboxylic acids is 2. The van der Waals surface area contributed by atoms with E-state index in [0.29, 0.717) is 11.8 Å². The summed E-state index contributed by atoms with van der Waals surface area (Å²) < 4.78 is 0. The molecule has 6 nitrogen and oxygen atoms in total.